The fourth-order valence-electron chi connectivity index (χ4n) is 3.04. The number of ether oxygens (including phenoxy) is 1. The molecule has 154 valence electrons. The number of hydrogen-bond donors (Lipinski definition) is 1. The predicted molar refractivity (Wildman–Crippen MR) is 119 cm³/mol. The first-order valence-electron chi connectivity index (χ1n) is 9.39. The molecule has 1 aliphatic rings. The maximum Gasteiger partial charge on any atom is 0.335 e. The molecule has 0 aliphatic carbocycles. The van der Waals surface area contributed by atoms with Crippen molar-refractivity contribution in [3.63, 3.8) is 0 Å². The molecule has 1 aliphatic heterocycles. The lowest BCUT2D eigenvalue weighted by molar-refractivity contribution is -0.113. The highest BCUT2D eigenvalue weighted by molar-refractivity contribution is 8.19. The van der Waals surface area contributed by atoms with E-state index in [1.54, 1.807) is 72.8 Å². The van der Waals surface area contributed by atoms with Crippen molar-refractivity contribution in [1.82, 2.24) is 0 Å². The van der Waals surface area contributed by atoms with Gasteiger partial charge in [-0.3, -0.25) is 9.59 Å². The molecular formula is C24H17NO5S. The molecule has 0 aromatic heterocycles. The number of amides is 2. The molecule has 3 aromatic rings. The standard InChI is InChI=1S/C24H17NO5S/c26-22-21(31-24(29)25(22)19-7-2-1-3-8-19)14-16-9-11-20(12-10-16)30-15-17-5-4-6-18(13-17)23(27)28/h1-14H,15H2,(H,27,28). The molecule has 0 radical (unpaired) electrons. The van der Waals surface area contributed by atoms with Crippen molar-refractivity contribution in [2.75, 3.05) is 4.90 Å². The largest absolute Gasteiger partial charge is 0.489 e. The summed E-state index contributed by atoms with van der Waals surface area (Å²) in [6, 6.07) is 22.5. The molecule has 7 heteroatoms. The first-order valence-corrected chi connectivity index (χ1v) is 10.2. The molecule has 0 spiro atoms. The van der Waals surface area contributed by atoms with E-state index in [0.717, 1.165) is 22.9 Å². The Bertz CT molecular complexity index is 1170. The smallest absolute Gasteiger partial charge is 0.335 e. The van der Waals surface area contributed by atoms with E-state index in [4.69, 9.17) is 9.84 Å². The van der Waals surface area contributed by atoms with Crippen LogP contribution in [0.4, 0.5) is 10.5 Å². The second-order valence-electron chi connectivity index (χ2n) is 6.72. The van der Waals surface area contributed by atoms with Crippen LogP contribution in [0.5, 0.6) is 5.75 Å². The van der Waals surface area contributed by atoms with E-state index in [-0.39, 0.29) is 23.3 Å². The van der Waals surface area contributed by atoms with Gasteiger partial charge in [0.05, 0.1) is 16.2 Å². The summed E-state index contributed by atoms with van der Waals surface area (Å²) >= 11 is 0.906. The van der Waals surface area contributed by atoms with Crippen LogP contribution in [-0.4, -0.2) is 22.2 Å². The molecule has 0 atom stereocenters. The maximum atomic E-state index is 12.7. The zero-order chi connectivity index (χ0) is 21.8. The molecule has 0 saturated carbocycles. The first kappa shape index (κ1) is 20.4. The molecule has 1 N–H and O–H groups in total. The summed E-state index contributed by atoms with van der Waals surface area (Å²) in [5.74, 6) is -0.724. The van der Waals surface area contributed by atoms with Gasteiger partial charge < -0.3 is 9.84 Å². The number of hydrogen-bond acceptors (Lipinski definition) is 5. The highest BCUT2D eigenvalue weighted by Crippen LogP contribution is 2.35. The van der Waals surface area contributed by atoms with Crippen molar-refractivity contribution in [1.29, 1.82) is 0 Å². The molecule has 1 heterocycles. The highest BCUT2D eigenvalue weighted by Gasteiger charge is 2.36. The minimum absolute atomic E-state index is 0.209. The van der Waals surface area contributed by atoms with Crippen LogP contribution in [0, 0.1) is 0 Å². The molecular weight excluding hydrogens is 414 g/mol. The fraction of sp³-hybridized carbons (Fsp3) is 0.0417. The Balaban J connectivity index is 1.43. The third kappa shape index (κ3) is 4.67. The number of benzene rings is 3. The normalized spacial score (nSPS) is 14.8. The lowest BCUT2D eigenvalue weighted by atomic mass is 10.1. The zero-order valence-electron chi connectivity index (χ0n) is 16.2. The number of aromatic carboxylic acids is 1. The molecule has 0 bridgehead atoms. The summed E-state index contributed by atoms with van der Waals surface area (Å²) in [6.07, 6.45) is 1.67. The Morgan fingerprint density at radius 2 is 1.71 bits per heavy atom. The number of carboxylic acids is 1. The van der Waals surface area contributed by atoms with Crippen LogP contribution in [0.1, 0.15) is 21.5 Å². The summed E-state index contributed by atoms with van der Waals surface area (Å²) < 4.78 is 5.72. The highest BCUT2D eigenvalue weighted by atomic mass is 32.2. The van der Waals surface area contributed by atoms with Gasteiger partial charge >= 0.3 is 5.97 Å². The van der Waals surface area contributed by atoms with Gasteiger partial charge in [0, 0.05) is 0 Å². The Morgan fingerprint density at radius 1 is 0.968 bits per heavy atom. The Hall–Kier alpha value is -3.84. The molecule has 6 nitrogen and oxygen atoms in total. The van der Waals surface area contributed by atoms with Crippen LogP contribution in [-0.2, 0) is 11.4 Å². The average Bonchev–Trinajstić information content (AvgIpc) is 3.06. The van der Waals surface area contributed by atoms with Crippen LogP contribution < -0.4 is 9.64 Å². The molecule has 3 aromatic carbocycles. The van der Waals surface area contributed by atoms with Gasteiger partial charge in [-0.2, -0.15) is 0 Å². The van der Waals surface area contributed by atoms with Crippen molar-refractivity contribution in [2.45, 2.75) is 6.61 Å². The summed E-state index contributed by atoms with van der Waals surface area (Å²) in [4.78, 5) is 37.5. The van der Waals surface area contributed by atoms with E-state index in [1.807, 2.05) is 6.07 Å². The summed E-state index contributed by atoms with van der Waals surface area (Å²) in [7, 11) is 0. The third-order valence-electron chi connectivity index (χ3n) is 4.57. The first-order chi connectivity index (χ1) is 15.0. The number of thioether (sulfide) groups is 1. The van der Waals surface area contributed by atoms with Gasteiger partial charge in [0.15, 0.2) is 0 Å². The van der Waals surface area contributed by atoms with Gasteiger partial charge in [-0.05, 0) is 65.4 Å². The number of nitrogens with zero attached hydrogens (tertiary/aromatic N) is 1. The Labute approximate surface area is 182 Å². The van der Waals surface area contributed by atoms with E-state index in [9.17, 15) is 14.4 Å². The number of anilines is 1. The molecule has 2 amide bonds. The van der Waals surface area contributed by atoms with Crippen molar-refractivity contribution in [3.05, 3.63) is 100 Å². The average molecular weight is 431 g/mol. The molecule has 1 saturated heterocycles. The summed E-state index contributed by atoms with van der Waals surface area (Å²) in [5, 5.41) is 8.73. The minimum atomic E-state index is -0.983. The van der Waals surface area contributed by atoms with Crippen LogP contribution in [0.15, 0.2) is 83.8 Å². The summed E-state index contributed by atoms with van der Waals surface area (Å²) in [5.41, 5.74) is 2.27. The summed E-state index contributed by atoms with van der Waals surface area (Å²) in [6.45, 7) is 0.233. The van der Waals surface area contributed by atoms with Gasteiger partial charge in [-0.25, -0.2) is 9.69 Å². The van der Waals surface area contributed by atoms with Gasteiger partial charge in [-0.1, -0.05) is 42.5 Å². The minimum Gasteiger partial charge on any atom is -0.489 e. The van der Waals surface area contributed by atoms with E-state index in [0.29, 0.717) is 16.3 Å². The quantitative estimate of drug-likeness (QED) is 0.540. The van der Waals surface area contributed by atoms with Crippen LogP contribution in [0.25, 0.3) is 6.08 Å². The van der Waals surface area contributed by atoms with Crippen LogP contribution in [0.3, 0.4) is 0 Å². The van der Waals surface area contributed by atoms with Crippen LogP contribution >= 0.6 is 11.8 Å². The van der Waals surface area contributed by atoms with Crippen molar-refractivity contribution in [3.8, 4) is 5.75 Å². The van der Waals surface area contributed by atoms with Crippen molar-refractivity contribution in [2.24, 2.45) is 0 Å². The monoisotopic (exact) mass is 431 g/mol. The van der Waals surface area contributed by atoms with E-state index >= 15 is 0 Å². The number of imide groups is 1. The predicted octanol–water partition coefficient (Wildman–Crippen LogP) is 5.20. The fourth-order valence-corrected chi connectivity index (χ4v) is 3.88. The van der Waals surface area contributed by atoms with Gasteiger partial charge in [-0.15, -0.1) is 0 Å². The lowest BCUT2D eigenvalue weighted by Crippen LogP contribution is -2.27. The van der Waals surface area contributed by atoms with E-state index < -0.39 is 5.97 Å². The van der Waals surface area contributed by atoms with Crippen LogP contribution in [0.2, 0.25) is 0 Å². The SMILES string of the molecule is O=C(O)c1cccc(COc2ccc(C=C3SC(=O)N(c4ccccc4)C3=O)cc2)c1. The maximum absolute atomic E-state index is 12.7. The second-order valence-corrected chi connectivity index (χ2v) is 7.71. The molecule has 0 unspecified atom stereocenters. The Kier molecular flexibility index (Phi) is 5.86. The number of carbonyl (C=O) groups excluding carboxylic acids is 2. The number of carboxylic acid groups (broad SMARTS) is 1. The Morgan fingerprint density at radius 3 is 2.42 bits per heavy atom. The lowest BCUT2D eigenvalue weighted by Gasteiger charge is -2.11. The van der Waals surface area contributed by atoms with Gasteiger partial charge in [0.2, 0.25) is 0 Å². The van der Waals surface area contributed by atoms with Gasteiger partial charge in [0.1, 0.15) is 12.4 Å². The number of carbonyl (C=O) groups is 3. The van der Waals surface area contributed by atoms with E-state index in [1.165, 1.54) is 11.0 Å². The molecule has 4 rings (SSSR count). The van der Waals surface area contributed by atoms with Crippen molar-refractivity contribution >= 4 is 40.6 Å². The third-order valence-corrected chi connectivity index (χ3v) is 5.43. The van der Waals surface area contributed by atoms with Crippen molar-refractivity contribution < 1.29 is 24.2 Å². The molecule has 31 heavy (non-hydrogen) atoms. The topological polar surface area (TPSA) is 83.9 Å². The van der Waals surface area contributed by atoms with Gasteiger partial charge in [0.25, 0.3) is 11.1 Å². The zero-order valence-corrected chi connectivity index (χ0v) is 17.0. The molecule has 1 fully saturated rings. The number of rotatable bonds is 6. The second kappa shape index (κ2) is 8.89. The van der Waals surface area contributed by atoms with E-state index in [2.05, 4.69) is 0 Å². The number of para-hydroxylation sites is 1.